The van der Waals surface area contributed by atoms with Crippen molar-refractivity contribution < 1.29 is 14.2 Å². The maximum absolute atomic E-state index is 6.86. The van der Waals surface area contributed by atoms with Crippen molar-refractivity contribution in [2.75, 3.05) is 6.61 Å². The first-order valence-corrected chi connectivity index (χ1v) is 14.8. The molecule has 2 heterocycles. The van der Waals surface area contributed by atoms with Gasteiger partial charge in [0.1, 0.15) is 11.9 Å². The summed E-state index contributed by atoms with van der Waals surface area (Å²) in [5.74, 6) is 2.65. The zero-order valence-corrected chi connectivity index (χ0v) is 23.2. The van der Waals surface area contributed by atoms with E-state index < -0.39 is 0 Å². The SMILES string of the molecule is CC[C@H]1OC(c2ccc(C3CC3)c(Cc3ccc4c(c3)CCCO4)c2)[C@H](OCc2ccccc2)[C@@H](C)[C@@H]1C. The lowest BCUT2D eigenvalue weighted by Gasteiger charge is -2.45. The van der Waals surface area contributed by atoms with Gasteiger partial charge >= 0.3 is 0 Å². The average Bonchev–Trinajstić information content (AvgIpc) is 3.80. The molecule has 1 saturated heterocycles. The first kappa shape index (κ1) is 25.6. The molecule has 200 valence electrons. The number of aryl methyl sites for hydroxylation is 1. The van der Waals surface area contributed by atoms with Gasteiger partial charge in [0, 0.05) is 0 Å². The van der Waals surface area contributed by atoms with Crippen molar-refractivity contribution in [3.8, 4) is 5.75 Å². The molecule has 2 fully saturated rings. The van der Waals surface area contributed by atoms with Crippen molar-refractivity contribution >= 4 is 0 Å². The minimum Gasteiger partial charge on any atom is -0.493 e. The van der Waals surface area contributed by atoms with Crippen LogP contribution in [0.3, 0.4) is 0 Å². The monoisotopic (exact) mass is 510 g/mol. The Morgan fingerprint density at radius 2 is 1.74 bits per heavy atom. The molecule has 1 aliphatic carbocycles. The largest absolute Gasteiger partial charge is 0.493 e. The van der Waals surface area contributed by atoms with Crippen LogP contribution in [0.25, 0.3) is 0 Å². The molecule has 2 aliphatic heterocycles. The molecule has 3 aromatic rings. The van der Waals surface area contributed by atoms with Crippen LogP contribution in [0.1, 0.15) is 91.9 Å². The van der Waals surface area contributed by atoms with Crippen LogP contribution in [0, 0.1) is 11.8 Å². The summed E-state index contributed by atoms with van der Waals surface area (Å²) in [6.45, 7) is 8.38. The molecule has 5 atom stereocenters. The number of hydrogen-bond acceptors (Lipinski definition) is 3. The molecule has 0 N–H and O–H groups in total. The van der Waals surface area contributed by atoms with Gasteiger partial charge in [-0.15, -0.1) is 0 Å². The molecule has 0 spiro atoms. The minimum atomic E-state index is -0.0567. The predicted molar refractivity (Wildman–Crippen MR) is 153 cm³/mol. The lowest BCUT2D eigenvalue weighted by molar-refractivity contribution is -0.194. The highest BCUT2D eigenvalue weighted by Gasteiger charge is 2.42. The third-order valence-corrected chi connectivity index (χ3v) is 9.12. The third kappa shape index (κ3) is 5.42. The van der Waals surface area contributed by atoms with Gasteiger partial charge in [-0.1, -0.05) is 81.4 Å². The summed E-state index contributed by atoms with van der Waals surface area (Å²) in [6.07, 6.45) is 7.03. The van der Waals surface area contributed by atoms with Crippen molar-refractivity contribution in [2.45, 2.75) is 90.1 Å². The van der Waals surface area contributed by atoms with Gasteiger partial charge in [-0.05, 0) is 95.7 Å². The van der Waals surface area contributed by atoms with Crippen molar-refractivity contribution in [3.63, 3.8) is 0 Å². The Bertz CT molecular complexity index is 1230. The van der Waals surface area contributed by atoms with Crippen LogP contribution in [0.5, 0.6) is 5.75 Å². The zero-order valence-electron chi connectivity index (χ0n) is 23.2. The van der Waals surface area contributed by atoms with E-state index in [9.17, 15) is 0 Å². The molecule has 3 nitrogen and oxygen atoms in total. The first-order chi connectivity index (χ1) is 18.6. The van der Waals surface area contributed by atoms with E-state index in [0.29, 0.717) is 24.4 Å². The second-order valence-electron chi connectivity index (χ2n) is 11.8. The number of benzene rings is 3. The minimum absolute atomic E-state index is 0.0218. The van der Waals surface area contributed by atoms with Crippen LogP contribution in [-0.4, -0.2) is 18.8 Å². The molecule has 1 saturated carbocycles. The second-order valence-corrected chi connectivity index (χ2v) is 11.8. The van der Waals surface area contributed by atoms with Gasteiger partial charge < -0.3 is 14.2 Å². The summed E-state index contributed by atoms with van der Waals surface area (Å²) in [5.41, 5.74) is 8.19. The van der Waals surface area contributed by atoms with Gasteiger partial charge in [-0.2, -0.15) is 0 Å². The molecule has 0 amide bonds. The van der Waals surface area contributed by atoms with E-state index in [1.807, 2.05) is 0 Å². The summed E-state index contributed by atoms with van der Waals surface area (Å²) in [5, 5.41) is 0. The molecular formula is C35H42O3. The maximum atomic E-state index is 6.86. The van der Waals surface area contributed by atoms with E-state index >= 15 is 0 Å². The Hall–Kier alpha value is -2.62. The van der Waals surface area contributed by atoms with Crippen LogP contribution in [-0.2, 0) is 28.9 Å². The van der Waals surface area contributed by atoms with Gasteiger partial charge in [0.15, 0.2) is 0 Å². The summed E-state index contributed by atoms with van der Waals surface area (Å²) in [4.78, 5) is 0. The van der Waals surface area contributed by atoms with E-state index in [0.717, 1.165) is 38.0 Å². The fourth-order valence-electron chi connectivity index (χ4n) is 6.54. The lowest BCUT2D eigenvalue weighted by atomic mass is 9.78. The molecule has 6 rings (SSSR count). The van der Waals surface area contributed by atoms with Crippen LogP contribution >= 0.6 is 0 Å². The van der Waals surface area contributed by atoms with E-state index in [1.54, 1.807) is 0 Å². The van der Waals surface area contributed by atoms with Gasteiger partial charge in [0.25, 0.3) is 0 Å². The summed E-state index contributed by atoms with van der Waals surface area (Å²) >= 11 is 0. The highest BCUT2D eigenvalue weighted by atomic mass is 16.6. The van der Waals surface area contributed by atoms with Crippen LogP contribution in [0.4, 0.5) is 0 Å². The molecule has 3 aromatic carbocycles. The molecule has 0 bridgehead atoms. The van der Waals surface area contributed by atoms with E-state index in [4.69, 9.17) is 14.2 Å². The van der Waals surface area contributed by atoms with Crippen LogP contribution in [0.15, 0.2) is 66.7 Å². The average molecular weight is 511 g/mol. The summed E-state index contributed by atoms with van der Waals surface area (Å²) < 4.78 is 19.4. The molecule has 0 radical (unpaired) electrons. The highest BCUT2D eigenvalue weighted by molar-refractivity contribution is 5.44. The first-order valence-electron chi connectivity index (χ1n) is 14.8. The molecule has 0 aromatic heterocycles. The van der Waals surface area contributed by atoms with E-state index in [1.165, 1.54) is 46.2 Å². The Kier molecular flexibility index (Phi) is 7.59. The fraction of sp³-hybridized carbons (Fsp3) is 0.486. The van der Waals surface area contributed by atoms with Gasteiger partial charge in [-0.3, -0.25) is 0 Å². The Labute approximate surface area is 228 Å². The van der Waals surface area contributed by atoms with Crippen molar-refractivity contribution in [2.24, 2.45) is 11.8 Å². The quantitative estimate of drug-likeness (QED) is 0.306. The second kappa shape index (κ2) is 11.2. The van der Waals surface area contributed by atoms with Gasteiger partial charge in [-0.25, -0.2) is 0 Å². The van der Waals surface area contributed by atoms with Crippen molar-refractivity contribution in [3.05, 3.63) is 100 Å². The maximum Gasteiger partial charge on any atom is 0.122 e. The van der Waals surface area contributed by atoms with Crippen LogP contribution in [0.2, 0.25) is 0 Å². The van der Waals surface area contributed by atoms with Crippen molar-refractivity contribution in [1.29, 1.82) is 0 Å². The van der Waals surface area contributed by atoms with E-state index in [2.05, 4.69) is 87.5 Å². The lowest BCUT2D eigenvalue weighted by Crippen LogP contribution is -2.45. The smallest absolute Gasteiger partial charge is 0.122 e. The number of rotatable bonds is 8. The number of hydrogen-bond donors (Lipinski definition) is 0. The topological polar surface area (TPSA) is 27.7 Å². The Morgan fingerprint density at radius 1 is 0.895 bits per heavy atom. The van der Waals surface area contributed by atoms with E-state index in [-0.39, 0.29) is 18.3 Å². The number of ether oxygens (including phenoxy) is 3. The Balaban J connectivity index is 1.31. The van der Waals surface area contributed by atoms with Crippen molar-refractivity contribution in [1.82, 2.24) is 0 Å². The highest BCUT2D eigenvalue weighted by Crippen LogP contribution is 2.45. The fourth-order valence-corrected chi connectivity index (χ4v) is 6.54. The summed E-state index contributed by atoms with van der Waals surface area (Å²) in [7, 11) is 0. The third-order valence-electron chi connectivity index (χ3n) is 9.12. The standard InChI is InChI=1S/C35H42O3/c1-4-32-23(2)24(3)34(37-22-25-9-6-5-7-10-25)35(38-32)29-15-16-31(27-13-14-27)30(21-29)20-26-12-17-33-28(19-26)11-8-18-36-33/h5-7,9-10,12,15-17,19,21,23-24,27,32,34-35H,4,8,11,13-14,18,20,22H2,1-3H3/t23-,24-,32+,34+,35?/m0/s1. The predicted octanol–water partition coefficient (Wildman–Crippen LogP) is 8.19. The number of fused-ring (bicyclic) bond motifs is 1. The normalized spacial score (nSPS) is 27.0. The molecule has 3 heteroatoms. The molecular weight excluding hydrogens is 468 g/mol. The van der Waals surface area contributed by atoms with Crippen LogP contribution < -0.4 is 4.74 Å². The molecule has 1 unspecified atom stereocenters. The molecule has 3 aliphatic rings. The van der Waals surface area contributed by atoms with Gasteiger partial charge in [0.2, 0.25) is 0 Å². The molecule has 38 heavy (non-hydrogen) atoms. The Morgan fingerprint density at radius 3 is 2.53 bits per heavy atom. The zero-order chi connectivity index (χ0) is 26.1. The summed E-state index contributed by atoms with van der Waals surface area (Å²) in [6, 6.07) is 24.5. The van der Waals surface area contributed by atoms with Gasteiger partial charge in [0.05, 0.1) is 25.4 Å².